The Morgan fingerprint density at radius 3 is 2.45 bits per heavy atom. The van der Waals surface area contributed by atoms with Gasteiger partial charge in [-0.1, -0.05) is 42.1 Å². The number of anilines is 1. The van der Waals surface area contributed by atoms with E-state index in [1.54, 1.807) is 7.11 Å². The molecule has 0 bridgehead atoms. The molecule has 0 atom stereocenters. The average molecular weight is 437 g/mol. The van der Waals surface area contributed by atoms with E-state index in [1.165, 1.54) is 23.0 Å². The third kappa shape index (κ3) is 5.41. The minimum Gasteiger partial charge on any atom is -0.497 e. The fraction of sp³-hybridized carbons (Fsp3) is 0.333. The lowest BCUT2D eigenvalue weighted by atomic mass is 10.1. The topological polar surface area (TPSA) is 61.5 Å². The fourth-order valence-corrected chi connectivity index (χ4v) is 4.57. The molecule has 2 heterocycles. The van der Waals surface area contributed by atoms with E-state index in [2.05, 4.69) is 34.1 Å². The van der Waals surface area contributed by atoms with Crippen LogP contribution in [0.1, 0.15) is 17.0 Å². The molecule has 1 amide bonds. The molecule has 0 saturated carbocycles. The van der Waals surface area contributed by atoms with Crippen molar-refractivity contribution in [2.75, 3.05) is 43.9 Å². The number of piperazine rings is 1. The van der Waals surface area contributed by atoms with Crippen LogP contribution in [0.2, 0.25) is 0 Å². The van der Waals surface area contributed by atoms with Gasteiger partial charge in [0.2, 0.25) is 5.91 Å². The molecule has 1 N–H and O–H groups in total. The molecule has 1 saturated heterocycles. The number of aromatic nitrogens is 2. The van der Waals surface area contributed by atoms with Crippen LogP contribution in [0.3, 0.4) is 0 Å². The van der Waals surface area contributed by atoms with Crippen LogP contribution in [0.25, 0.3) is 0 Å². The van der Waals surface area contributed by atoms with Crippen molar-refractivity contribution >= 4 is 23.4 Å². The van der Waals surface area contributed by atoms with Gasteiger partial charge in [0.1, 0.15) is 5.75 Å². The minimum atomic E-state index is 0.165. The summed E-state index contributed by atoms with van der Waals surface area (Å²) in [6.07, 6.45) is 0.797. The summed E-state index contributed by atoms with van der Waals surface area (Å²) in [4.78, 5) is 25.0. The van der Waals surface area contributed by atoms with Crippen molar-refractivity contribution in [3.05, 3.63) is 71.5 Å². The van der Waals surface area contributed by atoms with Crippen LogP contribution < -0.4 is 9.64 Å². The summed E-state index contributed by atoms with van der Waals surface area (Å²) in [7, 11) is 1.67. The number of ether oxygens (including phenoxy) is 1. The number of nitrogens with zero attached hydrogens (tertiary/aromatic N) is 3. The molecule has 3 aromatic rings. The summed E-state index contributed by atoms with van der Waals surface area (Å²) in [5.41, 5.74) is 4.50. The van der Waals surface area contributed by atoms with Gasteiger partial charge in [0, 0.05) is 44.0 Å². The molecule has 7 heteroatoms. The van der Waals surface area contributed by atoms with Crippen LogP contribution in [-0.2, 0) is 11.2 Å². The smallest absolute Gasteiger partial charge is 0.233 e. The summed E-state index contributed by atoms with van der Waals surface area (Å²) in [6.45, 7) is 5.19. The molecule has 0 spiro atoms. The van der Waals surface area contributed by atoms with Gasteiger partial charge in [0.05, 0.1) is 18.6 Å². The predicted octanol–water partition coefficient (Wildman–Crippen LogP) is 3.76. The molecular weight excluding hydrogens is 408 g/mol. The molecule has 1 aromatic heterocycles. The van der Waals surface area contributed by atoms with Gasteiger partial charge in [-0.05, 0) is 36.8 Å². The first-order valence-corrected chi connectivity index (χ1v) is 11.5. The Morgan fingerprint density at radius 1 is 1.06 bits per heavy atom. The number of amides is 1. The molecule has 1 aliphatic heterocycles. The van der Waals surface area contributed by atoms with E-state index in [1.807, 2.05) is 42.2 Å². The van der Waals surface area contributed by atoms with Gasteiger partial charge in [-0.3, -0.25) is 4.79 Å². The highest BCUT2D eigenvalue weighted by Gasteiger charge is 2.22. The van der Waals surface area contributed by atoms with Crippen LogP contribution in [0, 0.1) is 6.92 Å². The van der Waals surface area contributed by atoms with Crippen LogP contribution in [-0.4, -0.2) is 59.8 Å². The van der Waals surface area contributed by atoms with Crippen LogP contribution >= 0.6 is 11.8 Å². The highest BCUT2D eigenvalue weighted by molar-refractivity contribution is 7.99. The zero-order chi connectivity index (χ0) is 21.6. The third-order valence-electron chi connectivity index (χ3n) is 5.58. The lowest BCUT2D eigenvalue weighted by molar-refractivity contribution is -0.128. The van der Waals surface area contributed by atoms with E-state index in [4.69, 9.17) is 9.72 Å². The van der Waals surface area contributed by atoms with Gasteiger partial charge in [-0.25, -0.2) is 4.98 Å². The highest BCUT2D eigenvalue weighted by atomic mass is 32.2. The summed E-state index contributed by atoms with van der Waals surface area (Å²) in [6, 6.07) is 18.4. The number of aromatic amines is 1. The van der Waals surface area contributed by atoms with Crippen molar-refractivity contribution in [3.63, 3.8) is 0 Å². The molecular formula is C24H28N4O2S. The lowest BCUT2D eigenvalue weighted by Crippen LogP contribution is -2.49. The first kappa shape index (κ1) is 21.3. The molecule has 1 aliphatic rings. The fourth-order valence-electron chi connectivity index (χ4n) is 3.73. The number of carbonyl (C=O) groups is 1. The Labute approximate surface area is 187 Å². The number of hydrogen-bond acceptors (Lipinski definition) is 5. The van der Waals surface area contributed by atoms with Gasteiger partial charge < -0.3 is 19.5 Å². The molecule has 2 aromatic carbocycles. The Bertz CT molecular complexity index is 996. The van der Waals surface area contributed by atoms with E-state index in [0.717, 1.165) is 54.9 Å². The lowest BCUT2D eigenvalue weighted by Gasteiger charge is -2.36. The third-order valence-corrected chi connectivity index (χ3v) is 6.44. The number of methoxy groups -OCH3 is 1. The van der Waals surface area contributed by atoms with Crippen LogP contribution in [0.15, 0.2) is 59.8 Å². The predicted molar refractivity (Wildman–Crippen MR) is 125 cm³/mol. The summed E-state index contributed by atoms with van der Waals surface area (Å²) in [5, 5.41) is 0.814. The second kappa shape index (κ2) is 9.92. The maximum absolute atomic E-state index is 12.7. The summed E-state index contributed by atoms with van der Waals surface area (Å²) >= 11 is 1.48. The van der Waals surface area contributed by atoms with Crippen LogP contribution in [0.5, 0.6) is 5.75 Å². The van der Waals surface area contributed by atoms with E-state index in [-0.39, 0.29) is 5.91 Å². The zero-order valence-corrected chi connectivity index (χ0v) is 18.8. The average Bonchev–Trinajstić information content (AvgIpc) is 3.17. The number of nitrogens with one attached hydrogen (secondary N) is 1. The van der Waals surface area contributed by atoms with E-state index in [9.17, 15) is 4.79 Å². The van der Waals surface area contributed by atoms with E-state index in [0.29, 0.717) is 5.75 Å². The van der Waals surface area contributed by atoms with Gasteiger partial charge in [-0.15, -0.1) is 0 Å². The number of aryl methyl sites for hydroxylation is 1. The molecule has 31 heavy (non-hydrogen) atoms. The maximum atomic E-state index is 12.7. The Morgan fingerprint density at radius 2 is 1.77 bits per heavy atom. The number of carbonyl (C=O) groups excluding carboxylic acids is 1. The summed E-state index contributed by atoms with van der Waals surface area (Å²) < 4.78 is 5.23. The maximum Gasteiger partial charge on any atom is 0.233 e. The van der Waals surface area contributed by atoms with E-state index < -0.39 is 0 Å². The van der Waals surface area contributed by atoms with Gasteiger partial charge in [0.15, 0.2) is 5.16 Å². The van der Waals surface area contributed by atoms with E-state index >= 15 is 0 Å². The largest absolute Gasteiger partial charge is 0.497 e. The van der Waals surface area contributed by atoms with Gasteiger partial charge >= 0.3 is 0 Å². The number of hydrogen-bond donors (Lipinski definition) is 1. The number of thioether (sulfide) groups is 1. The standard InChI is InChI=1S/C24H28N4O2S/c1-18-22(16-19-6-4-3-5-7-19)26-24(25-18)31-17-23(29)28-14-12-27(13-15-28)20-8-10-21(30-2)11-9-20/h3-11H,12-17H2,1-2H3,(H,25,26). The molecule has 0 aliphatic carbocycles. The monoisotopic (exact) mass is 436 g/mol. The molecule has 0 radical (unpaired) electrons. The van der Waals surface area contributed by atoms with Gasteiger partial charge in [0.25, 0.3) is 0 Å². The molecule has 6 nitrogen and oxygen atoms in total. The Balaban J connectivity index is 1.26. The molecule has 1 fully saturated rings. The van der Waals surface area contributed by atoms with Crippen molar-refractivity contribution in [3.8, 4) is 5.75 Å². The van der Waals surface area contributed by atoms with Crippen LogP contribution in [0.4, 0.5) is 5.69 Å². The molecule has 162 valence electrons. The Hall–Kier alpha value is -2.93. The zero-order valence-electron chi connectivity index (χ0n) is 18.0. The summed E-state index contributed by atoms with van der Waals surface area (Å²) in [5.74, 6) is 1.42. The van der Waals surface area contributed by atoms with Gasteiger partial charge in [-0.2, -0.15) is 0 Å². The quantitative estimate of drug-likeness (QED) is 0.572. The number of rotatable bonds is 7. The number of benzene rings is 2. The second-order valence-corrected chi connectivity index (χ2v) is 8.59. The normalized spacial score (nSPS) is 14.0. The minimum absolute atomic E-state index is 0.165. The first-order valence-electron chi connectivity index (χ1n) is 10.5. The SMILES string of the molecule is COc1ccc(N2CCN(C(=O)CSc3nc(Cc4ccccc4)c(C)[nH]3)CC2)cc1. The van der Waals surface area contributed by atoms with Crippen molar-refractivity contribution in [2.45, 2.75) is 18.5 Å². The number of H-pyrrole nitrogens is 1. The van der Waals surface area contributed by atoms with Crippen molar-refractivity contribution in [2.24, 2.45) is 0 Å². The van der Waals surface area contributed by atoms with Crippen molar-refractivity contribution in [1.29, 1.82) is 0 Å². The second-order valence-electron chi connectivity index (χ2n) is 7.63. The number of imidazole rings is 1. The Kier molecular flexibility index (Phi) is 6.82. The molecule has 4 rings (SSSR count). The van der Waals surface area contributed by atoms with Crippen molar-refractivity contribution < 1.29 is 9.53 Å². The first-order chi connectivity index (χ1) is 15.1. The molecule has 0 unspecified atom stereocenters. The highest BCUT2D eigenvalue weighted by Crippen LogP contribution is 2.22. The van der Waals surface area contributed by atoms with Crippen molar-refractivity contribution in [1.82, 2.24) is 14.9 Å².